The summed E-state index contributed by atoms with van der Waals surface area (Å²) in [5.41, 5.74) is 2.19. The molecule has 0 radical (unpaired) electrons. The second-order valence-corrected chi connectivity index (χ2v) is 7.74. The van der Waals surface area contributed by atoms with E-state index in [1.165, 1.54) is 18.6 Å². The molecule has 0 saturated carbocycles. The van der Waals surface area contributed by atoms with Crippen molar-refractivity contribution in [2.45, 2.75) is 38.2 Å². The Kier molecular flexibility index (Phi) is 6.28. The van der Waals surface area contributed by atoms with Gasteiger partial charge in [0, 0.05) is 30.9 Å². The van der Waals surface area contributed by atoms with Gasteiger partial charge in [-0.2, -0.15) is 0 Å². The van der Waals surface area contributed by atoms with E-state index in [-0.39, 0.29) is 11.8 Å². The van der Waals surface area contributed by atoms with Crippen LogP contribution in [0.1, 0.15) is 42.5 Å². The number of rotatable bonds is 5. The summed E-state index contributed by atoms with van der Waals surface area (Å²) < 4.78 is 19.3. The number of halogens is 1. The number of piperidine rings is 1. The molecular formula is C23H26FN3O3. The third-order valence-electron chi connectivity index (χ3n) is 5.52. The molecule has 7 heteroatoms. The Morgan fingerprint density at radius 3 is 2.60 bits per heavy atom. The minimum Gasteiger partial charge on any atom is -0.370 e. The normalized spacial score (nSPS) is 18.8. The van der Waals surface area contributed by atoms with Gasteiger partial charge in [0.15, 0.2) is 0 Å². The average Bonchev–Trinajstić information content (AvgIpc) is 3.30. The topological polar surface area (TPSA) is 70.7 Å². The smallest absolute Gasteiger partial charge is 0.255 e. The maximum atomic E-state index is 13.9. The number of hydrogen-bond donors (Lipinski definition) is 2. The van der Waals surface area contributed by atoms with E-state index in [2.05, 4.69) is 15.5 Å². The third-order valence-corrected chi connectivity index (χ3v) is 5.52. The van der Waals surface area contributed by atoms with Gasteiger partial charge in [0.05, 0.1) is 11.4 Å². The van der Waals surface area contributed by atoms with Crippen molar-refractivity contribution in [3.8, 4) is 0 Å². The number of nitrogens with one attached hydrogen (secondary N) is 2. The second-order valence-electron chi connectivity index (χ2n) is 7.74. The molecule has 2 amide bonds. The quantitative estimate of drug-likeness (QED) is 0.774. The zero-order valence-corrected chi connectivity index (χ0v) is 16.8. The van der Waals surface area contributed by atoms with Crippen LogP contribution in [0.4, 0.5) is 21.5 Å². The monoisotopic (exact) mass is 411 g/mol. The molecule has 4 rings (SSSR count). The fourth-order valence-electron chi connectivity index (χ4n) is 3.96. The summed E-state index contributed by atoms with van der Waals surface area (Å²) in [5, 5.41) is 5.65. The molecule has 158 valence electrons. The number of amides is 2. The van der Waals surface area contributed by atoms with E-state index >= 15 is 0 Å². The molecule has 6 nitrogen and oxygen atoms in total. The molecule has 1 unspecified atom stereocenters. The second kappa shape index (κ2) is 9.26. The number of hydrogen-bond acceptors (Lipinski definition) is 4. The van der Waals surface area contributed by atoms with Crippen molar-refractivity contribution in [1.29, 1.82) is 0 Å². The van der Waals surface area contributed by atoms with Crippen molar-refractivity contribution in [3.05, 3.63) is 53.8 Å². The number of ether oxygens (including phenoxy) is 1. The third kappa shape index (κ3) is 4.79. The minimum atomic E-state index is -0.443. The lowest BCUT2D eigenvalue weighted by Crippen LogP contribution is -2.30. The van der Waals surface area contributed by atoms with Gasteiger partial charge in [-0.3, -0.25) is 9.59 Å². The largest absolute Gasteiger partial charge is 0.370 e. The van der Waals surface area contributed by atoms with E-state index in [9.17, 15) is 14.0 Å². The summed E-state index contributed by atoms with van der Waals surface area (Å²) in [6.07, 6.45) is 4.47. The molecule has 2 aromatic carbocycles. The fraction of sp³-hybridized carbons (Fsp3) is 0.391. The van der Waals surface area contributed by atoms with E-state index in [1.807, 2.05) is 0 Å². The summed E-state index contributed by atoms with van der Waals surface area (Å²) in [7, 11) is 0. The fourth-order valence-corrected chi connectivity index (χ4v) is 3.96. The van der Waals surface area contributed by atoms with Crippen LogP contribution >= 0.6 is 0 Å². The van der Waals surface area contributed by atoms with Crippen molar-refractivity contribution in [1.82, 2.24) is 0 Å². The molecule has 30 heavy (non-hydrogen) atoms. The maximum Gasteiger partial charge on any atom is 0.255 e. The number of benzene rings is 2. The van der Waals surface area contributed by atoms with Crippen molar-refractivity contribution in [3.63, 3.8) is 0 Å². The SMILES string of the molecule is O=C(Nc1cc(F)ccc1N1CCCCC1)c1cccc(NC(=O)C2CCCO2)c1. The summed E-state index contributed by atoms with van der Waals surface area (Å²) in [4.78, 5) is 27.3. The van der Waals surface area contributed by atoms with Gasteiger partial charge in [0.2, 0.25) is 0 Å². The molecule has 1 atom stereocenters. The maximum absolute atomic E-state index is 13.9. The van der Waals surface area contributed by atoms with Crippen LogP contribution < -0.4 is 15.5 Å². The highest BCUT2D eigenvalue weighted by Gasteiger charge is 2.24. The Morgan fingerprint density at radius 1 is 1.00 bits per heavy atom. The van der Waals surface area contributed by atoms with Crippen LogP contribution in [-0.4, -0.2) is 37.6 Å². The molecule has 2 saturated heterocycles. The van der Waals surface area contributed by atoms with Crippen molar-refractivity contribution in [2.24, 2.45) is 0 Å². The molecule has 0 aromatic heterocycles. The molecule has 2 aromatic rings. The van der Waals surface area contributed by atoms with Gasteiger partial charge in [0.25, 0.3) is 11.8 Å². The Labute approximate surface area is 175 Å². The first-order chi connectivity index (χ1) is 14.6. The van der Waals surface area contributed by atoms with Crippen LogP contribution in [0.2, 0.25) is 0 Å². The van der Waals surface area contributed by atoms with Crippen molar-refractivity contribution in [2.75, 3.05) is 35.2 Å². The minimum absolute atomic E-state index is 0.206. The molecule has 0 aliphatic carbocycles. The number of carbonyl (C=O) groups is 2. The molecule has 2 aliphatic rings. The van der Waals surface area contributed by atoms with Crippen LogP contribution in [0.3, 0.4) is 0 Å². The van der Waals surface area contributed by atoms with Crippen LogP contribution in [0, 0.1) is 5.82 Å². The van der Waals surface area contributed by atoms with Crippen LogP contribution in [0.15, 0.2) is 42.5 Å². The van der Waals surface area contributed by atoms with Gasteiger partial charge in [-0.05, 0) is 68.5 Å². The van der Waals surface area contributed by atoms with Gasteiger partial charge in [-0.25, -0.2) is 4.39 Å². The van der Waals surface area contributed by atoms with Crippen molar-refractivity contribution >= 4 is 28.9 Å². The van der Waals surface area contributed by atoms with Gasteiger partial charge in [-0.1, -0.05) is 6.07 Å². The van der Waals surface area contributed by atoms with E-state index in [0.717, 1.165) is 38.0 Å². The Hall–Kier alpha value is -2.93. The highest BCUT2D eigenvalue weighted by molar-refractivity contribution is 6.07. The Morgan fingerprint density at radius 2 is 1.83 bits per heavy atom. The van der Waals surface area contributed by atoms with E-state index in [0.29, 0.717) is 30.0 Å². The summed E-state index contributed by atoms with van der Waals surface area (Å²) in [6.45, 7) is 2.37. The van der Waals surface area contributed by atoms with E-state index in [1.54, 1.807) is 30.3 Å². The first-order valence-corrected chi connectivity index (χ1v) is 10.5. The summed E-state index contributed by atoms with van der Waals surface area (Å²) >= 11 is 0. The van der Waals surface area contributed by atoms with E-state index in [4.69, 9.17) is 4.74 Å². The van der Waals surface area contributed by atoms with Gasteiger partial charge in [0.1, 0.15) is 11.9 Å². The number of carbonyl (C=O) groups excluding carboxylic acids is 2. The van der Waals surface area contributed by atoms with Gasteiger partial charge in [-0.15, -0.1) is 0 Å². The lowest BCUT2D eigenvalue weighted by molar-refractivity contribution is -0.124. The predicted octanol–water partition coefficient (Wildman–Crippen LogP) is 4.19. The first kappa shape index (κ1) is 20.3. The predicted molar refractivity (Wildman–Crippen MR) is 114 cm³/mol. The highest BCUT2D eigenvalue weighted by atomic mass is 19.1. The zero-order chi connectivity index (χ0) is 20.9. The Bertz CT molecular complexity index is 922. The molecule has 2 fully saturated rings. The average molecular weight is 411 g/mol. The standard InChI is InChI=1S/C23H26FN3O3/c24-17-9-10-20(27-11-2-1-3-12-27)19(15-17)26-22(28)16-6-4-7-18(14-16)25-23(29)21-8-5-13-30-21/h4,6-7,9-10,14-15,21H,1-3,5,8,11-13H2,(H,25,29)(H,26,28). The summed E-state index contributed by atoms with van der Waals surface area (Å²) in [5.74, 6) is -0.960. The van der Waals surface area contributed by atoms with Crippen LogP contribution in [-0.2, 0) is 9.53 Å². The van der Waals surface area contributed by atoms with Crippen LogP contribution in [0.5, 0.6) is 0 Å². The summed E-state index contributed by atoms with van der Waals surface area (Å²) in [6, 6.07) is 11.2. The molecular weight excluding hydrogens is 385 g/mol. The van der Waals surface area contributed by atoms with Gasteiger partial charge >= 0.3 is 0 Å². The molecule has 0 bridgehead atoms. The lowest BCUT2D eigenvalue weighted by atomic mass is 10.1. The van der Waals surface area contributed by atoms with E-state index < -0.39 is 11.9 Å². The van der Waals surface area contributed by atoms with Crippen molar-refractivity contribution < 1.29 is 18.7 Å². The molecule has 0 spiro atoms. The Balaban J connectivity index is 1.49. The molecule has 2 heterocycles. The highest BCUT2D eigenvalue weighted by Crippen LogP contribution is 2.30. The molecule has 2 N–H and O–H groups in total. The zero-order valence-electron chi connectivity index (χ0n) is 16.8. The number of nitrogens with zero attached hydrogens (tertiary/aromatic N) is 1. The molecule has 2 aliphatic heterocycles. The number of anilines is 3. The van der Waals surface area contributed by atoms with Gasteiger partial charge < -0.3 is 20.3 Å². The lowest BCUT2D eigenvalue weighted by Gasteiger charge is -2.30. The first-order valence-electron chi connectivity index (χ1n) is 10.5. The van der Waals surface area contributed by atoms with Crippen LogP contribution in [0.25, 0.3) is 0 Å².